The monoisotopic (exact) mass is 321 g/mol. The number of nitrogens with one attached hydrogen (secondary N) is 2. The van der Waals surface area contributed by atoms with Gasteiger partial charge in [0, 0.05) is 11.6 Å². The highest BCUT2D eigenvalue weighted by molar-refractivity contribution is 6.32. The Labute approximate surface area is 130 Å². The Kier molecular flexibility index (Phi) is 3.43. The number of hydrazine groups is 2. The third kappa shape index (κ3) is 2.47. The van der Waals surface area contributed by atoms with Crippen molar-refractivity contribution in [3.8, 4) is 0 Å². The molecule has 0 amide bonds. The van der Waals surface area contributed by atoms with E-state index >= 15 is 0 Å². The van der Waals surface area contributed by atoms with E-state index in [4.69, 9.17) is 17.3 Å². The van der Waals surface area contributed by atoms with E-state index < -0.39 is 4.92 Å². The van der Waals surface area contributed by atoms with E-state index in [0.717, 1.165) is 5.56 Å². The summed E-state index contributed by atoms with van der Waals surface area (Å²) in [6.07, 6.45) is 0. The maximum absolute atomic E-state index is 10.8. The van der Waals surface area contributed by atoms with E-state index in [1.54, 1.807) is 24.1 Å². The second-order valence-electron chi connectivity index (χ2n) is 4.77. The van der Waals surface area contributed by atoms with Crippen LogP contribution in [0.1, 0.15) is 11.1 Å². The number of hydrogen-bond donors (Lipinski definition) is 3. The SMILES string of the molecule is Cc1cc(CN2NNc3c(Cl)nc(N)nc32)ccc1[N+](=O)[O-]. The molecular formula is C12H12ClN7O2. The number of nitro groups is 1. The summed E-state index contributed by atoms with van der Waals surface area (Å²) in [4.78, 5) is 18.4. The zero-order valence-electron chi connectivity index (χ0n) is 11.5. The van der Waals surface area contributed by atoms with Gasteiger partial charge in [0.15, 0.2) is 11.0 Å². The quantitative estimate of drug-likeness (QED) is 0.444. The number of nitrogens with zero attached hydrogens (tertiary/aromatic N) is 4. The molecule has 0 unspecified atom stereocenters. The molecule has 2 heterocycles. The molecule has 0 spiro atoms. The Morgan fingerprint density at radius 2 is 2.23 bits per heavy atom. The van der Waals surface area contributed by atoms with Crippen LogP contribution in [0.3, 0.4) is 0 Å². The molecule has 2 aromatic rings. The topological polar surface area (TPSA) is 122 Å². The highest BCUT2D eigenvalue weighted by Crippen LogP contribution is 2.34. The van der Waals surface area contributed by atoms with Crippen molar-refractivity contribution in [2.75, 3.05) is 16.2 Å². The van der Waals surface area contributed by atoms with E-state index in [0.29, 0.717) is 23.6 Å². The fraction of sp³-hybridized carbons (Fsp3) is 0.167. The van der Waals surface area contributed by atoms with Gasteiger partial charge in [0.25, 0.3) is 5.69 Å². The number of nitro benzene ring substituents is 1. The van der Waals surface area contributed by atoms with Crippen LogP contribution in [0.2, 0.25) is 5.15 Å². The summed E-state index contributed by atoms with van der Waals surface area (Å²) in [5.41, 5.74) is 13.5. The van der Waals surface area contributed by atoms with E-state index in [-0.39, 0.29) is 16.8 Å². The lowest BCUT2D eigenvalue weighted by molar-refractivity contribution is -0.385. The first-order valence-electron chi connectivity index (χ1n) is 6.32. The van der Waals surface area contributed by atoms with Crippen LogP contribution >= 0.6 is 11.6 Å². The molecule has 4 N–H and O–H groups in total. The number of aryl methyl sites for hydroxylation is 1. The van der Waals surface area contributed by atoms with Gasteiger partial charge in [0.2, 0.25) is 5.95 Å². The Morgan fingerprint density at radius 1 is 1.45 bits per heavy atom. The van der Waals surface area contributed by atoms with Gasteiger partial charge in [-0.25, -0.2) is 0 Å². The van der Waals surface area contributed by atoms with Crippen LogP contribution in [0.4, 0.5) is 23.1 Å². The molecule has 0 atom stereocenters. The molecule has 1 aromatic carbocycles. The van der Waals surface area contributed by atoms with Crippen LogP contribution in [0.25, 0.3) is 0 Å². The van der Waals surface area contributed by atoms with Crippen molar-refractivity contribution in [2.45, 2.75) is 13.5 Å². The van der Waals surface area contributed by atoms with Gasteiger partial charge in [-0.15, -0.1) is 5.53 Å². The lowest BCUT2D eigenvalue weighted by atomic mass is 10.1. The van der Waals surface area contributed by atoms with Gasteiger partial charge in [-0.3, -0.25) is 20.5 Å². The molecule has 3 rings (SSSR count). The first-order chi connectivity index (χ1) is 10.5. The molecule has 10 heteroatoms. The number of fused-ring (bicyclic) bond motifs is 1. The minimum Gasteiger partial charge on any atom is -0.368 e. The minimum absolute atomic E-state index is 0.0686. The molecule has 0 saturated carbocycles. The Hall–Kier alpha value is -2.65. The highest BCUT2D eigenvalue weighted by atomic mass is 35.5. The van der Waals surface area contributed by atoms with Crippen molar-refractivity contribution in [3.05, 3.63) is 44.6 Å². The number of anilines is 3. The lowest BCUT2D eigenvalue weighted by Crippen LogP contribution is -2.35. The standard InChI is InChI=1S/C12H12ClN7O2/c1-6-4-7(2-3-8(6)20(21)22)5-19-11-9(17-18-19)10(13)15-12(14)16-11/h2-4,17-18H,5H2,1H3,(H2,14,15,16). The summed E-state index contributed by atoms with van der Waals surface area (Å²) in [5.74, 6) is 0.590. The maximum atomic E-state index is 10.8. The molecule has 0 aliphatic carbocycles. The average Bonchev–Trinajstić information content (AvgIpc) is 2.82. The first kappa shape index (κ1) is 14.3. The zero-order valence-corrected chi connectivity index (χ0v) is 12.3. The van der Waals surface area contributed by atoms with Crippen LogP contribution < -0.4 is 21.7 Å². The van der Waals surface area contributed by atoms with E-state index in [1.165, 1.54) is 6.07 Å². The number of nitrogen functional groups attached to an aromatic ring is 1. The molecule has 1 aromatic heterocycles. The Balaban J connectivity index is 1.88. The smallest absolute Gasteiger partial charge is 0.272 e. The fourth-order valence-corrected chi connectivity index (χ4v) is 2.45. The molecule has 0 saturated heterocycles. The van der Waals surface area contributed by atoms with Crippen molar-refractivity contribution in [1.82, 2.24) is 15.5 Å². The molecule has 1 aliphatic heterocycles. The number of rotatable bonds is 3. The zero-order chi connectivity index (χ0) is 15.9. The van der Waals surface area contributed by atoms with Crippen LogP contribution in [0.5, 0.6) is 0 Å². The molecule has 0 fully saturated rings. The Bertz CT molecular complexity index is 767. The summed E-state index contributed by atoms with van der Waals surface area (Å²) in [7, 11) is 0. The highest BCUT2D eigenvalue weighted by Gasteiger charge is 2.25. The lowest BCUT2D eigenvalue weighted by Gasteiger charge is -2.17. The van der Waals surface area contributed by atoms with Gasteiger partial charge < -0.3 is 5.73 Å². The third-order valence-corrected chi connectivity index (χ3v) is 3.51. The summed E-state index contributed by atoms with van der Waals surface area (Å²) in [6, 6.07) is 4.93. The maximum Gasteiger partial charge on any atom is 0.272 e. The molecule has 0 radical (unpaired) electrons. The second-order valence-corrected chi connectivity index (χ2v) is 5.13. The van der Waals surface area contributed by atoms with Crippen molar-refractivity contribution in [1.29, 1.82) is 0 Å². The van der Waals surface area contributed by atoms with Crippen LogP contribution in [-0.4, -0.2) is 14.9 Å². The largest absolute Gasteiger partial charge is 0.368 e. The van der Waals surface area contributed by atoms with E-state index in [9.17, 15) is 10.1 Å². The average molecular weight is 322 g/mol. The molecule has 114 valence electrons. The minimum atomic E-state index is -0.405. The summed E-state index contributed by atoms with van der Waals surface area (Å²) >= 11 is 5.99. The predicted octanol–water partition coefficient (Wildman–Crippen LogP) is 1.78. The van der Waals surface area contributed by atoms with Gasteiger partial charge in [-0.2, -0.15) is 9.97 Å². The normalized spacial score (nSPS) is 12.9. The van der Waals surface area contributed by atoms with Gasteiger partial charge >= 0.3 is 0 Å². The summed E-state index contributed by atoms with van der Waals surface area (Å²) in [6.45, 7) is 2.12. The molecule has 22 heavy (non-hydrogen) atoms. The number of benzene rings is 1. The van der Waals surface area contributed by atoms with Gasteiger partial charge in [0.05, 0.1) is 11.5 Å². The van der Waals surface area contributed by atoms with Crippen molar-refractivity contribution in [2.24, 2.45) is 0 Å². The molecular weight excluding hydrogens is 310 g/mol. The first-order valence-corrected chi connectivity index (χ1v) is 6.69. The Morgan fingerprint density at radius 3 is 2.91 bits per heavy atom. The number of halogens is 1. The third-order valence-electron chi connectivity index (χ3n) is 3.23. The second kappa shape index (κ2) is 5.28. The van der Waals surface area contributed by atoms with Crippen molar-refractivity contribution in [3.63, 3.8) is 0 Å². The number of nitrogens with two attached hydrogens (primary N) is 1. The van der Waals surface area contributed by atoms with Crippen LogP contribution in [0.15, 0.2) is 18.2 Å². The van der Waals surface area contributed by atoms with Crippen molar-refractivity contribution < 1.29 is 4.92 Å². The van der Waals surface area contributed by atoms with Gasteiger partial charge in [0.1, 0.15) is 5.69 Å². The summed E-state index contributed by atoms with van der Waals surface area (Å²) < 4.78 is 0. The van der Waals surface area contributed by atoms with E-state index in [2.05, 4.69) is 20.9 Å². The molecule has 0 bridgehead atoms. The van der Waals surface area contributed by atoms with Crippen molar-refractivity contribution >= 4 is 34.7 Å². The van der Waals surface area contributed by atoms with E-state index in [1.807, 2.05) is 0 Å². The number of aromatic nitrogens is 2. The fourth-order valence-electron chi connectivity index (χ4n) is 2.24. The van der Waals surface area contributed by atoms with Gasteiger partial charge in [-0.1, -0.05) is 17.7 Å². The predicted molar refractivity (Wildman–Crippen MR) is 82.2 cm³/mol. The number of hydrogen-bond acceptors (Lipinski definition) is 8. The van der Waals surface area contributed by atoms with Crippen LogP contribution in [-0.2, 0) is 6.54 Å². The van der Waals surface area contributed by atoms with Crippen LogP contribution in [0, 0.1) is 17.0 Å². The summed E-state index contributed by atoms with van der Waals surface area (Å²) in [5, 5.41) is 12.8. The molecule has 1 aliphatic rings. The van der Waals surface area contributed by atoms with Gasteiger partial charge in [-0.05, 0) is 18.6 Å². The molecule has 9 nitrogen and oxygen atoms in total.